The van der Waals surface area contributed by atoms with E-state index >= 15 is 0 Å². The number of aryl methyl sites for hydroxylation is 1. The zero-order valence-corrected chi connectivity index (χ0v) is 12.9. The molecule has 0 atom stereocenters. The Bertz CT molecular complexity index is 696. The molecule has 2 heterocycles. The molecule has 0 bridgehead atoms. The van der Waals surface area contributed by atoms with Gasteiger partial charge in [0.2, 0.25) is 10.0 Å². The van der Waals surface area contributed by atoms with Gasteiger partial charge in [-0.2, -0.15) is 5.10 Å². The van der Waals surface area contributed by atoms with E-state index in [1.807, 2.05) is 20.0 Å². The van der Waals surface area contributed by atoms with E-state index in [1.54, 1.807) is 17.1 Å². The Morgan fingerprint density at radius 2 is 2.14 bits per heavy atom. The maximum atomic E-state index is 12.2. The normalized spacial score (nSPS) is 11.7. The Morgan fingerprint density at radius 1 is 1.33 bits per heavy atom. The van der Waals surface area contributed by atoms with Crippen LogP contribution in [0.1, 0.15) is 11.1 Å². The molecule has 0 aromatic carbocycles. The summed E-state index contributed by atoms with van der Waals surface area (Å²) in [6, 6.07) is 1.85. The molecular weight excluding hydrogens is 290 g/mol. The Kier molecular flexibility index (Phi) is 5.05. The van der Waals surface area contributed by atoms with Crippen LogP contribution < -0.4 is 10.0 Å². The predicted molar refractivity (Wildman–Crippen MR) is 79.2 cm³/mol. The SMILES string of the molecule is CNCCn1cc(S(=O)(=O)NCc2cnccc2C)cn1. The van der Waals surface area contributed by atoms with Crippen LogP contribution in [0.5, 0.6) is 0 Å². The van der Waals surface area contributed by atoms with Gasteiger partial charge in [-0.15, -0.1) is 0 Å². The van der Waals surface area contributed by atoms with E-state index in [1.165, 1.54) is 12.4 Å². The number of aromatic nitrogens is 3. The van der Waals surface area contributed by atoms with Crippen LogP contribution in [-0.4, -0.2) is 36.8 Å². The number of sulfonamides is 1. The van der Waals surface area contributed by atoms with Gasteiger partial charge in [0.15, 0.2) is 0 Å². The molecule has 0 aliphatic carbocycles. The summed E-state index contributed by atoms with van der Waals surface area (Å²) in [7, 11) is -1.73. The number of likely N-dealkylation sites (N-methyl/N-ethyl adjacent to an activating group) is 1. The van der Waals surface area contributed by atoms with Crippen molar-refractivity contribution < 1.29 is 8.42 Å². The lowest BCUT2D eigenvalue weighted by Gasteiger charge is -2.06. The van der Waals surface area contributed by atoms with Gasteiger partial charge >= 0.3 is 0 Å². The quantitative estimate of drug-likeness (QED) is 0.767. The van der Waals surface area contributed by atoms with Crippen molar-refractivity contribution in [1.29, 1.82) is 0 Å². The second kappa shape index (κ2) is 6.79. The largest absolute Gasteiger partial charge is 0.318 e. The molecule has 2 N–H and O–H groups in total. The molecule has 0 aliphatic heterocycles. The molecule has 2 rings (SSSR count). The van der Waals surface area contributed by atoms with E-state index in [0.717, 1.165) is 17.7 Å². The summed E-state index contributed by atoms with van der Waals surface area (Å²) in [6.07, 6.45) is 6.22. The number of nitrogens with zero attached hydrogens (tertiary/aromatic N) is 3. The van der Waals surface area contributed by atoms with Crippen molar-refractivity contribution in [3.63, 3.8) is 0 Å². The van der Waals surface area contributed by atoms with Gasteiger partial charge in [-0.1, -0.05) is 0 Å². The van der Waals surface area contributed by atoms with Crippen LogP contribution in [0.2, 0.25) is 0 Å². The van der Waals surface area contributed by atoms with E-state index in [4.69, 9.17) is 0 Å². The minimum Gasteiger partial charge on any atom is -0.318 e. The van der Waals surface area contributed by atoms with E-state index < -0.39 is 10.0 Å². The smallest absolute Gasteiger partial charge is 0.243 e. The Hall–Kier alpha value is -1.77. The molecule has 2 aromatic rings. The third-order valence-electron chi connectivity index (χ3n) is 3.11. The van der Waals surface area contributed by atoms with Gasteiger partial charge in [-0.25, -0.2) is 13.1 Å². The van der Waals surface area contributed by atoms with Gasteiger partial charge in [-0.3, -0.25) is 9.67 Å². The number of rotatable bonds is 7. The molecule has 0 radical (unpaired) electrons. The van der Waals surface area contributed by atoms with Gasteiger partial charge in [0.1, 0.15) is 4.90 Å². The fourth-order valence-corrected chi connectivity index (χ4v) is 2.73. The van der Waals surface area contributed by atoms with Crippen LogP contribution in [-0.2, 0) is 23.1 Å². The Balaban J connectivity index is 2.05. The third kappa shape index (κ3) is 4.10. The second-order valence-electron chi connectivity index (χ2n) is 4.67. The summed E-state index contributed by atoms with van der Waals surface area (Å²) < 4.78 is 28.6. The predicted octanol–water partition coefficient (Wildman–Crippen LogP) is 0.284. The molecule has 0 saturated heterocycles. The highest BCUT2D eigenvalue weighted by atomic mass is 32.2. The van der Waals surface area contributed by atoms with Crippen LogP contribution in [0.25, 0.3) is 0 Å². The molecular formula is C13H19N5O2S. The van der Waals surface area contributed by atoms with Crippen LogP contribution in [0, 0.1) is 6.92 Å². The molecule has 0 amide bonds. The average Bonchev–Trinajstić information content (AvgIpc) is 2.94. The van der Waals surface area contributed by atoms with Gasteiger partial charge in [0.05, 0.1) is 12.7 Å². The maximum Gasteiger partial charge on any atom is 0.243 e. The van der Waals surface area contributed by atoms with Crippen LogP contribution in [0.4, 0.5) is 0 Å². The van der Waals surface area contributed by atoms with Crippen molar-refractivity contribution in [2.45, 2.75) is 24.9 Å². The highest BCUT2D eigenvalue weighted by Gasteiger charge is 2.16. The first-order chi connectivity index (χ1) is 10.0. The monoisotopic (exact) mass is 309 g/mol. The maximum absolute atomic E-state index is 12.2. The van der Waals surface area contributed by atoms with Crippen LogP contribution in [0.3, 0.4) is 0 Å². The lowest BCUT2D eigenvalue weighted by molar-refractivity contribution is 0.576. The summed E-state index contributed by atoms with van der Waals surface area (Å²) in [4.78, 5) is 4.17. The topological polar surface area (TPSA) is 88.9 Å². The van der Waals surface area contributed by atoms with E-state index in [9.17, 15) is 8.42 Å². The zero-order chi connectivity index (χ0) is 15.3. The summed E-state index contributed by atoms with van der Waals surface area (Å²) in [5.41, 5.74) is 1.85. The van der Waals surface area contributed by atoms with Gasteiger partial charge in [0.25, 0.3) is 0 Å². The molecule has 2 aromatic heterocycles. The molecule has 7 nitrogen and oxygen atoms in total. The van der Waals surface area contributed by atoms with Crippen molar-refractivity contribution in [2.75, 3.05) is 13.6 Å². The van der Waals surface area contributed by atoms with Crippen molar-refractivity contribution in [3.8, 4) is 0 Å². The highest BCUT2D eigenvalue weighted by molar-refractivity contribution is 7.89. The lowest BCUT2D eigenvalue weighted by atomic mass is 10.2. The first-order valence-electron chi connectivity index (χ1n) is 6.59. The molecule has 0 spiro atoms. The van der Waals surface area contributed by atoms with E-state index in [2.05, 4.69) is 20.1 Å². The molecule has 0 saturated carbocycles. The van der Waals surface area contributed by atoms with E-state index in [0.29, 0.717) is 6.54 Å². The molecule has 8 heteroatoms. The minimum absolute atomic E-state index is 0.167. The van der Waals surface area contributed by atoms with Crippen LogP contribution >= 0.6 is 0 Å². The molecule has 0 aliphatic rings. The molecule has 21 heavy (non-hydrogen) atoms. The lowest BCUT2D eigenvalue weighted by Crippen LogP contribution is -2.23. The Labute approximate surface area is 124 Å². The standard InChI is InChI=1S/C13H19N5O2S/c1-11-3-4-15-7-12(11)8-17-21(19,20)13-9-16-18(10-13)6-5-14-2/h3-4,7,9-10,14,17H,5-6,8H2,1-2H3. The molecule has 0 fully saturated rings. The highest BCUT2D eigenvalue weighted by Crippen LogP contribution is 2.10. The number of hydrogen-bond acceptors (Lipinski definition) is 5. The summed E-state index contributed by atoms with van der Waals surface area (Å²) in [5.74, 6) is 0. The second-order valence-corrected chi connectivity index (χ2v) is 6.44. The first kappa shape index (κ1) is 15.6. The van der Waals surface area contributed by atoms with Gasteiger partial charge in [-0.05, 0) is 31.2 Å². The van der Waals surface area contributed by atoms with Crippen molar-refractivity contribution in [1.82, 2.24) is 24.8 Å². The Morgan fingerprint density at radius 3 is 2.86 bits per heavy atom. The van der Waals surface area contributed by atoms with Gasteiger partial charge in [0, 0.05) is 31.7 Å². The zero-order valence-electron chi connectivity index (χ0n) is 12.1. The third-order valence-corrected chi connectivity index (χ3v) is 4.47. The number of pyridine rings is 1. The summed E-state index contributed by atoms with van der Waals surface area (Å²) in [5, 5.41) is 7.02. The van der Waals surface area contributed by atoms with Crippen molar-refractivity contribution in [3.05, 3.63) is 42.0 Å². The summed E-state index contributed by atoms with van der Waals surface area (Å²) in [6.45, 7) is 3.47. The van der Waals surface area contributed by atoms with Crippen molar-refractivity contribution >= 4 is 10.0 Å². The molecule has 114 valence electrons. The minimum atomic E-state index is -3.56. The number of nitrogens with one attached hydrogen (secondary N) is 2. The fraction of sp³-hybridized carbons (Fsp3) is 0.385. The van der Waals surface area contributed by atoms with Gasteiger partial charge < -0.3 is 5.32 Å². The average molecular weight is 309 g/mol. The number of hydrogen-bond donors (Lipinski definition) is 2. The first-order valence-corrected chi connectivity index (χ1v) is 8.07. The van der Waals surface area contributed by atoms with Crippen LogP contribution in [0.15, 0.2) is 35.7 Å². The fourth-order valence-electron chi connectivity index (χ4n) is 1.77. The summed E-state index contributed by atoms with van der Waals surface area (Å²) >= 11 is 0. The van der Waals surface area contributed by atoms with E-state index in [-0.39, 0.29) is 11.4 Å². The van der Waals surface area contributed by atoms with Crippen molar-refractivity contribution in [2.24, 2.45) is 0 Å². The molecule has 0 unspecified atom stereocenters.